The number of thioether (sulfide) groups is 1. The summed E-state index contributed by atoms with van der Waals surface area (Å²) >= 11 is 7.77. The van der Waals surface area contributed by atoms with Crippen LogP contribution in [-0.4, -0.2) is 34.6 Å². The third-order valence-corrected chi connectivity index (χ3v) is 7.35. The zero-order chi connectivity index (χ0) is 25.9. The van der Waals surface area contributed by atoms with Crippen molar-refractivity contribution in [3.05, 3.63) is 106 Å². The highest BCUT2D eigenvalue weighted by molar-refractivity contribution is 7.99. The third kappa shape index (κ3) is 8.10. The lowest BCUT2D eigenvalue weighted by Gasteiger charge is -2.32. The molecule has 0 saturated carbocycles. The second-order valence-corrected chi connectivity index (χ2v) is 10.1. The van der Waals surface area contributed by atoms with E-state index < -0.39 is 6.04 Å². The van der Waals surface area contributed by atoms with E-state index in [2.05, 4.69) is 5.32 Å². The van der Waals surface area contributed by atoms with E-state index in [1.54, 1.807) is 29.2 Å². The zero-order valence-corrected chi connectivity index (χ0v) is 22.2. The summed E-state index contributed by atoms with van der Waals surface area (Å²) in [6.07, 6.45) is 1.15. The number of hydrogen-bond donors (Lipinski definition) is 1. The van der Waals surface area contributed by atoms with E-state index in [0.717, 1.165) is 17.5 Å². The minimum absolute atomic E-state index is 0.0246. The number of carbonyl (C=O) groups excluding carboxylic acids is 2. The van der Waals surface area contributed by atoms with Crippen molar-refractivity contribution >= 4 is 35.2 Å². The van der Waals surface area contributed by atoms with Gasteiger partial charge in [0.05, 0.1) is 5.75 Å². The molecule has 190 valence electrons. The first-order chi connectivity index (χ1) is 17.4. The lowest BCUT2D eigenvalue weighted by atomic mass is 10.0. The highest BCUT2D eigenvalue weighted by atomic mass is 35.5. The van der Waals surface area contributed by atoms with Crippen LogP contribution in [0.2, 0.25) is 5.02 Å². The van der Waals surface area contributed by atoms with Gasteiger partial charge in [-0.2, -0.15) is 0 Å². The Morgan fingerprint density at radius 1 is 0.972 bits per heavy atom. The van der Waals surface area contributed by atoms with Crippen molar-refractivity contribution in [3.8, 4) is 0 Å². The Kier molecular flexibility index (Phi) is 10.8. The van der Waals surface area contributed by atoms with Crippen LogP contribution in [0.5, 0.6) is 0 Å². The molecule has 0 aromatic heterocycles. The molecule has 0 aliphatic rings. The molecular formula is C29H32ClFN2O2S. The molecule has 3 aromatic rings. The summed E-state index contributed by atoms with van der Waals surface area (Å²) in [5, 5.41) is 3.59. The van der Waals surface area contributed by atoms with Gasteiger partial charge in [-0.25, -0.2) is 4.39 Å². The van der Waals surface area contributed by atoms with Gasteiger partial charge in [0.15, 0.2) is 0 Å². The van der Waals surface area contributed by atoms with Gasteiger partial charge >= 0.3 is 0 Å². The topological polar surface area (TPSA) is 49.4 Å². The molecule has 0 unspecified atom stereocenters. The van der Waals surface area contributed by atoms with E-state index in [-0.39, 0.29) is 36.0 Å². The fourth-order valence-electron chi connectivity index (χ4n) is 3.75. The van der Waals surface area contributed by atoms with Crippen LogP contribution >= 0.6 is 23.4 Å². The maximum Gasteiger partial charge on any atom is 0.243 e. The van der Waals surface area contributed by atoms with Crippen molar-refractivity contribution in [2.24, 2.45) is 0 Å². The number of hydrogen-bond acceptors (Lipinski definition) is 3. The van der Waals surface area contributed by atoms with Crippen LogP contribution in [0.15, 0.2) is 78.9 Å². The number of nitrogens with one attached hydrogen (secondary N) is 1. The molecule has 0 radical (unpaired) electrons. The van der Waals surface area contributed by atoms with E-state index in [1.807, 2.05) is 62.4 Å². The largest absolute Gasteiger partial charge is 0.352 e. The molecule has 0 bridgehead atoms. The minimum atomic E-state index is -0.723. The molecule has 1 N–H and O–H groups in total. The van der Waals surface area contributed by atoms with Gasteiger partial charge in [0.25, 0.3) is 0 Å². The van der Waals surface area contributed by atoms with Crippen LogP contribution in [-0.2, 0) is 28.3 Å². The predicted molar refractivity (Wildman–Crippen MR) is 146 cm³/mol. The Hall–Kier alpha value is -2.83. The highest BCUT2D eigenvalue weighted by Crippen LogP contribution is 2.22. The molecule has 3 rings (SSSR count). The van der Waals surface area contributed by atoms with Crippen LogP contribution in [0.3, 0.4) is 0 Å². The van der Waals surface area contributed by atoms with Gasteiger partial charge in [-0.15, -0.1) is 11.8 Å². The van der Waals surface area contributed by atoms with Gasteiger partial charge in [-0.1, -0.05) is 85.3 Å². The summed E-state index contributed by atoms with van der Waals surface area (Å²) in [6.45, 7) is 4.15. The smallest absolute Gasteiger partial charge is 0.243 e. The van der Waals surface area contributed by atoms with Gasteiger partial charge < -0.3 is 10.2 Å². The maximum absolute atomic E-state index is 14.1. The Balaban J connectivity index is 1.87. The van der Waals surface area contributed by atoms with Crippen LogP contribution in [0.1, 0.15) is 37.0 Å². The summed E-state index contributed by atoms with van der Waals surface area (Å²) in [7, 11) is 0. The lowest BCUT2D eigenvalue weighted by molar-refractivity contribution is -0.139. The third-order valence-electron chi connectivity index (χ3n) is 6.01. The van der Waals surface area contributed by atoms with Gasteiger partial charge in [-0.05, 0) is 42.2 Å². The van der Waals surface area contributed by atoms with Gasteiger partial charge in [0, 0.05) is 29.8 Å². The van der Waals surface area contributed by atoms with Crippen LogP contribution in [0, 0.1) is 5.82 Å². The molecule has 36 heavy (non-hydrogen) atoms. The number of nitrogens with zero attached hydrogens (tertiary/aromatic N) is 1. The Bertz CT molecular complexity index is 1140. The summed E-state index contributed by atoms with van der Waals surface area (Å²) in [5.41, 5.74) is 2.27. The van der Waals surface area contributed by atoms with E-state index >= 15 is 0 Å². The number of carbonyl (C=O) groups is 2. The van der Waals surface area contributed by atoms with Crippen molar-refractivity contribution in [2.45, 2.75) is 51.1 Å². The van der Waals surface area contributed by atoms with E-state index in [4.69, 9.17) is 11.6 Å². The molecule has 7 heteroatoms. The normalized spacial score (nSPS) is 12.6. The molecule has 4 nitrogen and oxygen atoms in total. The average Bonchev–Trinajstić information content (AvgIpc) is 2.88. The molecule has 0 aliphatic carbocycles. The second-order valence-electron chi connectivity index (χ2n) is 8.72. The van der Waals surface area contributed by atoms with E-state index in [0.29, 0.717) is 22.8 Å². The van der Waals surface area contributed by atoms with Gasteiger partial charge in [0.1, 0.15) is 11.9 Å². The summed E-state index contributed by atoms with van der Waals surface area (Å²) in [6, 6.07) is 22.8. The van der Waals surface area contributed by atoms with Crippen molar-refractivity contribution in [2.75, 3.05) is 5.75 Å². The zero-order valence-electron chi connectivity index (χ0n) is 20.6. The number of benzene rings is 3. The highest BCUT2D eigenvalue weighted by Gasteiger charge is 2.31. The molecule has 2 atom stereocenters. The van der Waals surface area contributed by atoms with Crippen molar-refractivity contribution in [3.63, 3.8) is 0 Å². The summed E-state index contributed by atoms with van der Waals surface area (Å²) in [4.78, 5) is 28.7. The first-order valence-corrected chi connectivity index (χ1v) is 13.6. The number of rotatable bonds is 12. The maximum atomic E-state index is 14.1. The van der Waals surface area contributed by atoms with Crippen LogP contribution in [0.25, 0.3) is 0 Å². The SMILES string of the molecule is CC[C@@H](C)NC(=O)[C@H](Cc1ccccc1)N(Cc1ccccc1Cl)C(=O)CSCc1ccccc1F. The first-order valence-electron chi connectivity index (χ1n) is 12.1. The Morgan fingerprint density at radius 3 is 2.28 bits per heavy atom. The molecule has 0 aliphatic heterocycles. The van der Waals surface area contributed by atoms with Crippen molar-refractivity contribution < 1.29 is 14.0 Å². The fourth-order valence-corrected chi connectivity index (χ4v) is 4.84. The average molecular weight is 527 g/mol. The van der Waals surface area contributed by atoms with Gasteiger partial charge in [-0.3, -0.25) is 9.59 Å². The van der Waals surface area contributed by atoms with E-state index in [1.165, 1.54) is 17.8 Å². The molecule has 0 heterocycles. The lowest BCUT2D eigenvalue weighted by Crippen LogP contribution is -2.52. The molecule has 0 saturated heterocycles. The fraction of sp³-hybridized carbons (Fsp3) is 0.310. The van der Waals surface area contributed by atoms with E-state index in [9.17, 15) is 14.0 Å². The van der Waals surface area contributed by atoms with Crippen LogP contribution in [0.4, 0.5) is 4.39 Å². The quantitative estimate of drug-likeness (QED) is 0.303. The Morgan fingerprint density at radius 2 is 1.61 bits per heavy atom. The first kappa shape index (κ1) is 27.8. The number of amides is 2. The van der Waals surface area contributed by atoms with Crippen LogP contribution < -0.4 is 5.32 Å². The standard InChI is InChI=1S/C29H32ClFN2O2S/c1-3-21(2)32-29(35)27(17-22-11-5-4-6-12-22)33(18-23-13-7-9-15-25(23)30)28(34)20-36-19-24-14-8-10-16-26(24)31/h4-16,21,27H,3,17-20H2,1-2H3,(H,32,35)/t21-,27+/m1/s1. The minimum Gasteiger partial charge on any atom is -0.352 e. The summed E-state index contributed by atoms with van der Waals surface area (Å²) < 4.78 is 14.1. The van der Waals surface area contributed by atoms with Crippen molar-refractivity contribution in [1.82, 2.24) is 10.2 Å². The predicted octanol–water partition coefficient (Wildman–Crippen LogP) is 6.27. The Labute approximate surface area is 222 Å². The molecular weight excluding hydrogens is 495 g/mol. The molecule has 3 aromatic carbocycles. The van der Waals surface area contributed by atoms with Gasteiger partial charge in [0.2, 0.25) is 11.8 Å². The summed E-state index contributed by atoms with van der Waals surface area (Å²) in [5.74, 6) is -0.217. The molecule has 0 spiro atoms. The molecule has 0 fully saturated rings. The number of halogens is 2. The second kappa shape index (κ2) is 14.0. The van der Waals surface area contributed by atoms with Crippen molar-refractivity contribution in [1.29, 1.82) is 0 Å². The molecule has 2 amide bonds. The monoisotopic (exact) mass is 526 g/mol.